The molecule has 0 bridgehead atoms. The predicted molar refractivity (Wildman–Crippen MR) is 50.1 cm³/mol. The summed E-state index contributed by atoms with van der Waals surface area (Å²) in [7, 11) is 0.695. The number of nitrogens with zero attached hydrogens (tertiary/aromatic N) is 1. The minimum absolute atomic E-state index is 0.0434. The van der Waals surface area contributed by atoms with Crippen LogP contribution in [-0.4, -0.2) is 0 Å². The van der Waals surface area contributed by atoms with Crippen LogP contribution in [-0.2, 0) is 0 Å². The number of benzene rings is 1. The maximum Gasteiger partial charge on any atom is 0.164 e. The standard InChI is InChI=1S/C6Cl3FNP/c7-1-2(8)6-5(11-12-6)3(9)4(1)10. The molecular formula is C6Cl3FNP. The summed E-state index contributed by atoms with van der Waals surface area (Å²) in [6.07, 6.45) is 0. The van der Waals surface area contributed by atoms with E-state index in [1.807, 2.05) is 0 Å². The fraction of sp³-hybridized carbons (Fsp3) is 0. The largest absolute Gasteiger partial charge is 0.224 e. The SMILES string of the molecule is Fc1c(Cl)c(Cl)c2c(c1Cl)N=P2. The van der Waals surface area contributed by atoms with Gasteiger partial charge in [-0.2, -0.15) is 0 Å². The summed E-state index contributed by atoms with van der Waals surface area (Å²) in [6.45, 7) is 0. The maximum atomic E-state index is 13.1. The van der Waals surface area contributed by atoms with Gasteiger partial charge in [0.15, 0.2) is 5.82 Å². The number of halogens is 4. The number of rotatable bonds is 0. The summed E-state index contributed by atoms with van der Waals surface area (Å²) in [5.41, 5.74) is 0.422. The molecule has 0 spiro atoms. The molecule has 0 unspecified atom stereocenters. The average Bonchev–Trinajstić information content (AvgIpc) is 1.97. The third-order valence-electron chi connectivity index (χ3n) is 1.47. The Balaban J connectivity index is 2.82. The van der Waals surface area contributed by atoms with Crippen molar-refractivity contribution in [3.63, 3.8) is 0 Å². The predicted octanol–water partition coefficient (Wildman–Crippen LogP) is 4.19. The molecule has 1 aliphatic rings. The molecule has 1 nitrogen and oxygen atoms in total. The van der Waals surface area contributed by atoms with E-state index >= 15 is 0 Å². The zero-order valence-electron chi connectivity index (χ0n) is 5.41. The Bertz CT molecular complexity index is 368. The molecule has 1 aliphatic heterocycles. The molecule has 0 aliphatic carbocycles. The molecule has 0 amide bonds. The Morgan fingerprint density at radius 2 is 1.75 bits per heavy atom. The molecule has 0 saturated heterocycles. The molecule has 0 atom stereocenters. The van der Waals surface area contributed by atoms with Gasteiger partial charge in [0.25, 0.3) is 0 Å². The van der Waals surface area contributed by atoms with Crippen molar-refractivity contribution in [3.8, 4) is 0 Å². The highest BCUT2D eigenvalue weighted by atomic mass is 35.5. The van der Waals surface area contributed by atoms with Crippen molar-refractivity contribution in [2.24, 2.45) is 4.74 Å². The first-order valence-corrected chi connectivity index (χ1v) is 4.88. The molecule has 1 aromatic carbocycles. The average molecular weight is 242 g/mol. The van der Waals surface area contributed by atoms with Gasteiger partial charge in [-0.1, -0.05) is 34.8 Å². The van der Waals surface area contributed by atoms with E-state index in [2.05, 4.69) is 4.74 Å². The van der Waals surface area contributed by atoms with Gasteiger partial charge in [0.05, 0.1) is 23.7 Å². The highest BCUT2D eigenvalue weighted by Gasteiger charge is 2.24. The van der Waals surface area contributed by atoms with Gasteiger partial charge in [-0.3, -0.25) is 0 Å². The van der Waals surface area contributed by atoms with Crippen molar-refractivity contribution in [1.82, 2.24) is 0 Å². The fourth-order valence-electron chi connectivity index (χ4n) is 0.846. The Morgan fingerprint density at radius 1 is 1.08 bits per heavy atom. The first-order chi connectivity index (χ1) is 5.63. The van der Waals surface area contributed by atoms with E-state index in [0.29, 0.717) is 19.4 Å². The topological polar surface area (TPSA) is 12.4 Å². The van der Waals surface area contributed by atoms with Crippen molar-refractivity contribution in [3.05, 3.63) is 20.9 Å². The van der Waals surface area contributed by atoms with Gasteiger partial charge >= 0.3 is 0 Å². The third-order valence-corrected chi connectivity index (χ3v) is 3.71. The first kappa shape index (κ1) is 8.71. The van der Waals surface area contributed by atoms with Crippen molar-refractivity contribution in [2.75, 3.05) is 0 Å². The summed E-state index contributed by atoms with van der Waals surface area (Å²) in [6, 6.07) is 0. The molecule has 1 heterocycles. The Morgan fingerprint density at radius 3 is 2.25 bits per heavy atom. The van der Waals surface area contributed by atoms with Crippen LogP contribution in [0.15, 0.2) is 4.74 Å². The Hall–Kier alpha value is 0.120. The molecule has 0 fully saturated rings. The lowest BCUT2D eigenvalue weighted by Crippen LogP contribution is -2.04. The Labute approximate surface area is 84.3 Å². The van der Waals surface area contributed by atoms with E-state index in [9.17, 15) is 4.39 Å². The van der Waals surface area contributed by atoms with Gasteiger partial charge < -0.3 is 0 Å². The lowest BCUT2D eigenvalue weighted by Gasteiger charge is -2.13. The minimum atomic E-state index is -0.694. The van der Waals surface area contributed by atoms with Crippen LogP contribution in [0.5, 0.6) is 0 Å². The number of fused-ring (bicyclic) bond motifs is 1. The number of hydrogen-bond donors (Lipinski definition) is 0. The third kappa shape index (κ3) is 0.993. The van der Waals surface area contributed by atoms with E-state index in [1.54, 1.807) is 0 Å². The summed E-state index contributed by atoms with van der Waals surface area (Å²) in [4.78, 5) is 0. The van der Waals surface area contributed by atoms with Crippen molar-refractivity contribution < 1.29 is 4.39 Å². The van der Waals surface area contributed by atoms with Crippen LogP contribution in [0.2, 0.25) is 15.1 Å². The summed E-state index contributed by atoms with van der Waals surface area (Å²) in [5.74, 6) is -0.694. The summed E-state index contributed by atoms with van der Waals surface area (Å²) in [5, 5.41) is 0.749. The van der Waals surface area contributed by atoms with Crippen LogP contribution in [0.25, 0.3) is 0 Å². The van der Waals surface area contributed by atoms with E-state index in [0.717, 1.165) is 0 Å². The highest BCUT2D eigenvalue weighted by molar-refractivity contribution is 7.40. The van der Waals surface area contributed by atoms with Crippen LogP contribution in [0.1, 0.15) is 0 Å². The molecule has 0 aromatic heterocycles. The summed E-state index contributed by atoms with van der Waals surface area (Å²) >= 11 is 16.9. The molecule has 1 aromatic rings. The van der Waals surface area contributed by atoms with Crippen LogP contribution >= 0.6 is 43.2 Å². The zero-order chi connectivity index (χ0) is 8.88. The van der Waals surface area contributed by atoms with Crippen LogP contribution < -0.4 is 5.30 Å². The molecular weight excluding hydrogens is 242 g/mol. The molecule has 62 valence electrons. The smallest absolute Gasteiger partial charge is 0.164 e. The van der Waals surface area contributed by atoms with Crippen LogP contribution in [0.4, 0.5) is 10.1 Å². The van der Waals surface area contributed by atoms with Crippen molar-refractivity contribution >= 4 is 54.2 Å². The van der Waals surface area contributed by atoms with Gasteiger partial charge in [-0.25, -0.2) is 9.14 Å². The molecule has 6 heteroatoms. The van der Waals surface area contributed by atoms with Gasteiger partial charge in [-0.15, -0.1) is 0 Å². The van der Waals surface area contributed by atoms with Crippen LogP contribution in [0.3, 0.4) is 0 Å². The van der Waals surface area contributed by atoms with Crippen LogP contribution in [0, 0.1) is 5.82 Å². The molecule has 12 heavy (non-hydrogen) atoms. The second-order valence-corrected chi connectivity index (χ2v) is 4.13. The summed E-state index contributed by atoms with van der Waals surface area (Å²) < 4.78 is 16.9. The molecule has 0 N–H and O–H groups in total. The maximum absolute atomic E-state index is 13.1. The van der Waals surface area contributed by atoms with E-state index in [1.165, 1.54) is 0 Å². The normalized spacial score (nSPS) is 14.0. The first-order valence-electron chi connectivity index (χ1n) is 2.90. The second kappa shape index (κ2) is 2.81. The van der Waals surface area contributed by atoms with Crippen molar-refractivity contribution in [1.29, 1.82) is 0 Å². The van der Waals surface area contributed by atoms with Gasteiger partial charge in [0.2, 0.25) is 0 Å². The second-order valence-electron chi connectivity index (χ2n) is 2.15. The highest BCUT2D eigenvalue weighted by Crippen LogP contribution is 2.44. The van der Waals surface area contributed by atoms with Crippen molar-refractivity contribution in [2.45, 2.75) is 0 Å². The molecule has 0 radical (unpaired) electrons. The fourth-order valence-corrected chi connectivity index (χ4v) is 2.50. The zero-order valence-corrected chi connectivity index (χ0v) is 8.57. The lowest BCUT2D eigenvalue weighted by molar-refractivity contribution is 0.629. The van der Waals surface area contributed by atoms with E-state index < -0.39 is 5.82 Å². The Kier molecular flexibility index (Phi) is 2.04. The minimum Gasteiger partial charge on any atom is -0.224 e. The quantitative estimate of drug-likeness (QED) is 0.373. The molecule has 2 rings (SSSR count). The van der Waals surface area contributed by atoms with E-state index in [-0.39, 0.29) is 15.1 Å². The molecule has 0 saturated carbocycles. The number of hydrogen-bond acceptors (Lipinski definition) is 1. The van der Waals surface area contributed by atoms with Gasteiger partial charge in [-0.05, 0) is 0 Å². The lowest BCUT2D eigenvalue weighted by atomic mass is 10.3. The van der Waals surface area contributed by atoms with Gasteiger partial charge in [0.1, 0.15) is 10.7 Å². The van der Waals surface area contributed by atoms with Gasteiger partial charge in [0, 0.05) is 0 Å². The monoisotopic (exact) mass is 241 g/mol. The van der Waals surface area contributed by atoms with E-state index in [4.69, 9.17) is 34.8 Å².